The third-order valence-electron chi connectivity index (χ3n) is 14.1. The summed E-state index contributed by atoms with van der Waals surface area (Å²) in [6.07, 6.45) is 0. The van der Waals surface area contributed by atoms with Crippen molar-refractivity contribution < 1.29 is 4.42 Å². The highest BCUT2D eigenvalue weighted by Gasteiger charge is 2.20. The van der Waals surface area contributed by atoms with E-state index in [-0.39, 0.29) is 0 Å². The summed E-state index contributed by atoms with van der Waals surface area (Å²) in [4.78, 5) is 2.40. The van der Waals surface area contributed by atoms with E-state index in [1.165, 1.54) is 43.8 Å². The number of rotatable bonds is 10. The van der Waals surface area contributed by atoms with Crippen molar-refractivity contribution in [2.75, 3.05) is 4.90 Å². The first-order valence-corrected chi connectivity index (χ1v) is 24.6. The quantitative estimate of drug-likeness (QED) is 0.127. The molecule has 338 valence electrons. The van der Waals surface area contributed by atoms with Crippen LogP contribution >= 0.6 is 0 Å². The minimum atomic E-state index is 0.882. The fourth-order valence-electron chi connectivity index (χ4n) is 10.5. The van der Waals surface area contributed by atoms with Gasteiger partial charge in [-0.05, 0) is 126 Å². The molecule has 0 aliphatic rings. The van der Waals surface area contributed by atoms with Crippen molar-refractivity contribution >= 4 is 49.6 Å². The molecular weight excluding hydrogens is 871 g/mol. The Balaban J connectivity index is 0.849. The Hall–Kier alpha value is -9.50. The predicted octanol–water partition coefficient (Wildman–Crippen LogP) is 19.9. The molecule has 0 bridgehead atoms. The van der Waals surface area contributed by atoms with Crippen molar-refractivity contribution in [2.45, 2.75) is 0 Å². The second-order valence-corrected chi connectivity index (χ2v) is 18.4. The molecule has 1 aromatic heterocycles. The standard InChI is InChI=1S/C70H47NO/c1-3-16-48(17-4-1)49-34-36-53(37-35-49)62-24-11-13-28-67(62)71(60-44-40-54(41-45-60)66-47-57-20-7-8-23-61(57)63-25-9-10-26-64(63)66)59-42-38-51(39-43-59)50-30-32-52(33-31-50)56-21-15-22-58(46-56)70-69(55-18-5-2-6-19-55)65-27-12-14-29-68(65)72-70/h1-47H. The summed E-state index contributed by atoms with van der Waals surface area (Å²) in [6.45, 7) is 0. The number of anilines is 3. The van der Waals surface area contributed by atoms with Crippen LogP contribution in [0.4, 0.5) is 17.1 Å². The van der Waals surface area contributed by atoms with E-state index in [1.54, 1.807) is 0 Å². The van der Waals surface area contributed by atoms with Crippen LogP contribution in [0.5, 0.6) is 0 Å². The Kier molecular flexibility index (Phi) is 10.9. The minimum Gasteiger partial charge on any atom is -0.455 e. The van der Waals surface area contributed by atoms with Crippen molar-refractivity contribution in [1.29, 1.82) is 0 Å². The van der Waals surface area contributed by atoms with Crippen LogP contribution in [0.2, 0.25) is 0 Å². The van der Waals surface area contributed by atoms with Gasteiger partial charge in [-0.1, -0.05) is 237 Å². The second kappa shape index (κ2) is 18.4. The monoisotopic (exact) mass is 917 g/mol. The average molecular weight is 918 g/mol. The van der Waals surface area contributed by atoms with Crippen LogP contribution in [-0.4, -0.2) is 0 Å². The number of hydrogen-bond donors (Lipinski definition) is 0. The molecule has 12 aromatic carbocycles. The number of nitrogens with zero attached hydrogens (tertiary/aromatic N) is 1. The summed E-state index contributed by atoms with van der Waals surface area (Å²) >= 11 is 0. The molecule has 72 heavy (non-hydrogen) atoms. The number of fused-ring (bicyclic) bond motifs is 4. The van der Waals surface area contributed by atoms with E-state index in [4.69, 9.17) is 4.42 Å². The fourth-order valence-corrected chi connectivity index (χ4v) is 10.5. The van der Waals surface area contributed by atoms with Gasteiger partial charge in [0.25, 0.3) is 0 Å². The lowest BCUT2D eigenvalue weighted by molar-refractivity contribution is 0.632. The van der Waals surface area contributed by atoms with E-state index >= 15 is 0 Å². The molecule has 2 heteroatoms. The Morgan fingerprint density at radius 2 is 0.694 bits per heavy atom. The van der Waals surface area contributed by atoms with Gasteiger partial charge < -0.3 is 9.32 Å². The van der Waals surface area contributed by atoms with Crippen LogP contribution in [-0.2, 0) is 0 Å². The Morgan fingerprint density at radius 1 is 0.250 bits per heavy atom. The largest absolute Gasteiger partial charge is 0.455 e. The summed E-state index contributed by atoms with van der Waals surface area (Å²) in [7, 11) is 0. The van der Waals surface area contributed by atoms with Crippen molar-refractivity contribution in [3.05, 3.63) is 285 Å². The molecule has 13 aromatic rings. The van der Waals surface area contributed by atoms with Crippen molar-refractivity contribution in [3.63, 3.8) is 0 Å². The van der Waals surface area contributed by atoms with E-state index in [0.717, 1.165) is 83.9 Å². The molecule has 0 atom stereocenters. The van der Waals surface area contributed by atoms with Crippen molar-refractivity contribution in [3.8, 4) is 78.1 Å². The Bertz CT molecular complexity index is 4040. The fraction of sp³-hybridized carbons (Fsp3) is 0. The third kappa shape index (κ3) is 7.92. The van der Waals surface area contributed by atoms with Gasteiger partial charge in [0.1, 0.15) is 11.3 Å². The molecule has 0 radical (unpaired) electrons. The molecule has 0 spiro atoms. The van der Waals surface area contributed by atoms with Gasteiger partial charge in [0, 0.05) is 33.5 Å². The maximum Gasteiger partial charge on any atom is 0.143 e. The minimum absolute atomic E-state index is 0.882. The van der Waals surface area contributed by atoms with Gasteiger partial charge in [0.15, 0.2) is 0 Å². The third-order valence-corrected chi connectivity index (χ3v) is 14.1. The lowest BCUT2D eigenvalue weighted by Gasteiger charge is -2.28. The van der Waals surface area contributed by atoms with Gasteiger partial charge in [0.05, 0.1) is 5.69 Å². The summed E-state index contributed by atoms with van der Waals surface area (Å²) < 4.78 is 6.59. The highest BCUT2D eigenvalue weighted by molar-refractivity contribution is 6.14. The van der Waals surface area contributed by atoms with E-state index in [0.29, 0.717) is 0 Å². The molecule has 1 heterocycles. The van der Waals surface area contributed by atoms with Gasteiger partial charge in [-0.15, -0.1) is 0 Å². The number of para-hydroxylation sites is 2. The smallest absolute Gasteiger partial charge is 0.143 e. The zero-order chi connectivity index (χ0) is 47.8. The first kappa shape index (κ1) is 42.6. The summed E-state index contributed by atoms with van der Waals surface area (Å²) in [5.41, 5.74) is 19.2. The van der Waals surface area contributed by atoms with Crippen LogP contribution in [0.25, 0.3) is 111 Å². The number of furan rings is 1. The van der Waals surface area contributed by atoms with E-state index < -0.39 is 0 Å². The Labute approximate surface area is 420 Å². The molecule has 0 unspecified atom stereocenters. The summed E-state index contributed by atoms with van der Waals surface area (Å²) in [6, 6.07) is 103. The van der Waals surface area contributed by atoms with Crippen LogP contribution in [0, 0.1) is 0 Å². The van der Waals surface area contributed by atoms with E-state index in [2.05, 4.69) is 284 Å². The average Bonchev–Trinajstić information content (AvgIpc) is 3.86. The van der Waals surface area contributed by atoms with E-state index in [9.17, 15) is 0 Å². The molecule has 0 saturated carbocycles. The summed E-state index contributed by atoms with van der Waals surface area (Å²) in [5, 5.41) is 6.15. The van der Waals surface area contributed by atoms with Crippen LogP contribution in [0.3, 0.4) is 0 Å². The zero-order valence-corrected chi connectivity index (χ0v) is 39.5. The molecule has 0 N–H and O–H groups in total. The molecule has 2 nitrogen and oxygen atoms in total. The maximum absolute atomic E-state index is 6.59. The van der Waals surface area contributed by atoms with Gasteiger partial charge in [-0.2, -0.15) is 0 Å². The SMILES string of the molecule is c1ccc(-c2ccc(-c3ccccc3N(c3ccc(-c4ccc(-c5cccc(-c6oc7ccccc7c6-c6ccccc6)c5)cc4)cc3)c3ccc(-c4cc5ccccc5c5ccccc45)cc3)cc2)cc1. The highest BCUT2D eigenvalue weighted by Crippen LogP contribution is 2.45. The molecule has 0 amide bonds. The van der Waals surface area contributed by atoms with Crippen LogP contribution in [0.1, 0.15) is 0 Å². The summed E-state index contributed by atoms with van der Waals surface area (Å²) in [5.74, 6) is 0.882. The van der Waals surface area contributed by atoms with Gasteiger partial charge >= 0.3 is 0 Å². The molecular formula is C70H47NO. The first-order chi connectivity index (χ1) is 35.7. The van der Waals surface area contributed by atoms with Crippen LogP contribution < -0.4 is 4.90 Å². The molecule has 0 aliphatic carbocycles. The number of benzene rings is 12. The first-order valence-electron chi connectivity index (χ1n) is 24.6. The van der Waals surface area contributed by atoms with Gasteiger partial charge in [0.2, 0.25) is 0 Å². The molecule has 13 rings (SSSR count). The van der Waals surface area contributed by atoms with Crippen LogP contribution in [0.15, 0.2) is 290 Å². The Morgan fingerprint density at radius 3 is 1.38 bits per heavy atom. The topological polar surface area (TPSA) is 16.4 Å². The normalized spacial score (nSPS) is 11.3. The lowest BCUT2D eigenvalue weighted by Crippen LogP contribution is -2.11. The molecule has 0 fully saturated rings. The van der Waals surface area contributed by atoms with Gasteiger partial charge in [-0.25, -0.2) is 0 Å². The molecule has 0 saturated heterocycles. The lowest BCUT2D eigenvalue weighted by atomic mass is 9.93. The van der Waals surface area contributed by atoms with E-state index in [1.807, 2.05) is 6.07 Å². The van der Waals surface area contributed by atoms with Crippen molar-refractivity contribution in [2.24, 2.45) is 0 Å². The number of hydrogen-bond acceptors (Lipinski definition) is 2. The zero-order valence-electron chi connectivity index (χ0n) is 39.5. The maximum atomic E-state index is 6.59. The van der Waals surface area contributed by atoms with Crippen molar-refractivity contribution in [1.82, 2.24) is 0 Å². The molecule has 0 aliphatic heterocycles. The predicted molar refractivity (Wildman–Crippen MR) is 304 cm³/mol. The van der Waals surface area contributed by atoms with Gasteiger partial charge in [-0.3, -0.25) is 0 Å². The highest BCUT2D eigenvalue weighted by atomic mass is 16.3. The second-order valence-electron chi connectivity index (χ2n) is 18.4.